The summed E-state index contributed by atoms with van der Waals surface area (Å²) in [4.78, 5) is 0. The molecule has 1 heterocycles. The molecule has 82 valence electrons. The third-order valence-electron chi connectivity index (χ3n) is 2.97. The lowest BCUT2D eigenvalue weighted by Gasteiger charge is -2.21. The molecular formula is C8H15NO4S. The zero-order valence-electron chi connectivity index (χ0n) is 7.81. The molecule has 0 bridgehead atoms. The van der Waals surface area contributed by atoms with Gasteiger partial charge in [0.05, 0.1) is 24.2 Å². The van der Waals surface area contributed by atoms with E-state index in [1.807, 2.05) is 0 Å². The summed E-state index contributed by atoms with van der Waals surface area (Å²) in [6, 6.07) is -0.408. The molecule has 6 heteroatoms. The average molecular weight is 221 g/mol. The molecule has 2 fully saturated rings. The molecule has 14 heavy (non-hydrogen) atoms. The largest absolute Gasteiger partial charge is 0.394 e. The van der Waals surface area contributed by atoms with Crippen molar-refractivity contribution in [3.8, 4) is 0 Å². The van der Waals surface area contributed by atoms with Crippen molar-refractivity contribution >= 4 is 9.84 Å². The van der Waals surface area contributed by atoms with Gasteiger partial charge >= 0.3 is 0 Å². The van der Waals surface area contributed by atoms with Crippen molar-refractivity contribution in [1.82, 2.24) is 5.32 Å². The Morgan fingerprint density at radius 1 is 1.36 bits per heavy atom. The maximum Gasteiger partial charge on any atom is 0.154 e. The fraction of sp³-hybridized carbons (Fsp3) is 1.00. The lowest BCUT2D eigenvalue weighted by molar-refractivity contribution is 0.140. The van der Waals surface area contributed by atoms with Crippen LogP contribution in [0.15, 0.2) is 0 Å². The van der Waals surface area contributed by atoms with E-state index < -0.39 is 22.0 Å². The van der Waals surface area contributed by atoms with Crippen LogP contribution in [0, 0.1) is 0 Å². The smallest absolute Gasteiger partial charge is 0.154 e. The zero-order valence-corrected chi connectivity index (χ0v) is 8.63. The molecular weight excluding hydrogens is 206 g/mol. The van der Waals surface area contributed by atoms with Gasteiger partial charge in [-0.15, -0.1) is 0 Å². The van der Waals surface area contributed by atoms with Crippen molar-refractivity contribution in [1.29, 1.82) is 0 Å². The Morgan fingerprint density at radius 3 is 2.36 bits per heavy atom. The van der Waals surface area contributed by atoms with Crippen LogP contribution in [0.25, 0.3) is 0 Å². The second kappa shape index (κ2) is 3.16. The first-order valence-corrected chi connectivity index (χ1v) is 6.56. The van der Waals surface area contributed by atoms with Gasteiger partial charge in [-0.25, -0.2) is 8.42 Å². The van der Waals surface area contributed by atoms with E-state index in [0.29, 0.717) is 0 Å². The van der Waals surface area contributed by atoms with Gasteiger partial charge in [-0.1, -0.05) is 0 Å². The first kappa shape index (κ1) is 10.4. The van der Waals surface area contributed by atoms with Gasteiger partial charge < -0.3 is 15.5 Å². The van der Waals surface area contributed by atoms with Crippen LogP contribution in [0.5, 0.6) is 0 Å². The second-order valence-electron chi connectivity index (χ2n) is 4.33. The quantitative estimate of drug-likeness (QED) is 0.526. The molecule has 2 unspecified atom stereocenters. The minimum Gasteiger partial charge on any atom is -0.394 e. The number of rotatable bonds is 3. The molecule has 0 radical (unpaired) electrons. The van der Waals surface area contributed by atoms with Gasteiger partial charge in [-0.05, 0) is 12.8 Å². The van der Waals surface area contributed by atoms with Crippen molar-refractivity contribution in [3.63, 3.8) is 0 Å². The summed E-state index contributed by atoms with van der Waals surface area (Å²) in [5.41, 5.74) is -0.314. The molecule has 3 N–H and O–H groups in total. The Labute approximate surface area is 83.0 Å². The van der Waals surface area contributed by atoms with Crippen molar-refractivity contribution in [3.05, 3.63) is 0 Å². The van der Waals surface area contributed by atoms with Crippen molar-refractivity contribution in [2.24, 2.45) is 0 Å². The summed E-state index contributed by atoms with van der Waals surface area (Å²) in [7, 11) is -3.09. The number of hydrogen-bond acceptors (Lipinski definition) is 5. The summed E-state index contributed by atoms with van der Waals surface area (Å²) in [5, 5.41) is 21.6. The monoisotopic (exact) mass is 221 g/mol. The van der Waals surface area contributed by atoms with Gasteiger partial charge in [0.15, 0.2) is 9.84 Å². The molecule has 0 aromatic rings. The molecule has 1 saturated heterocycles. The Balaban J connectivity index is 2.00. The topological polar surface area (TPSA) is 86.6 Å². The Hall–Kier alpha value is -0.170. The Kier molecular flexibility index (Phi) is 2.34. The molecule has 1 aliphatic carbocycles. The maximum absolute atomic E-state index is 11.2. The van der Waals surface area contributed by atoms with Crippen molar-refractivity contribution < 1.29 is 18.6 Å². The molecule has 0 aromatic heterocycles. The predicted molar refractivity (Wildman–Crippen MR) is 50.6 cm³/mol. The number of nitrogens with one attached hydrogen (secondary N) is 1. The standard InChI is InChI=1S/C8H15NO4S/c10-5-8(1-2-8)9-6-3-14(12,13)4-7(6)11/h6-7,9-11H,1-5H2. The number of sulfone groups is 1. The fourth-order valence-corrected chi connectivity index (χ4v) is 3.60. The highest BCUT2D eigenvalue weighted by atomic mass is 32.2. The molecule has 1 saturated carbocycles. The predicted octanol–water partition coefficient (Wildman–Crippen LogP) is -1.74. The SMILES string of the molecule is O=S1(=O)CC(O)C(NC2(CO)CC2)C1. The van der Waals surface area contributed by atoms with Crippen LogP contribution < -0.4 is 5.32 Å². The van der Waals surface area contributed by atoms with Crippen LogP contribution in [0.1, 0.15) is 12.8 Å². The van der Waals surface area contributed by atoms with Gasteiger partial charge in [-0.3, -0.25) is 0 Å². The highest BCUT2D eigenvalue weighted by Gasteiger charge is 2.47. The van der Waals surface area contributed by atoms with Crippen LogP contribution in [-0.2, 0) is 9.84 Å². The van der Waals surface area contributed by atoms with Crippen LogP contribution in [0.3, 0.4) is 0 Å². The van der Waals surface area contributed by atoms with Crippen molar-refractivity contribution in [2.75, 3.05) is 18.1 Å². The number of hydrogen-bond donors (Lipinski definition) is 3. The first-order valence-electron chi connectivity index (χ1n) is 4.73. The highest BCUT2D eigenvalue weighted by molar-refractivity contribution is 7.91. The van der Waals surface area contributed by atoms with E-state index in [2.05, 4.69) is 5.32 Å². The van der Waals surface area contributed by atoms with Crippen LogP contribution in [0.4, 0.5) is 0 Å². The van der Waals surface area contributed by atoms with E-state index >= 15 is 0 Å². The van der Waals surface area contributed by atoms with Crippen LogP contribution in [0.2, 0.25) is 0 Å². The molecule has 0 spiro atoms. The fourth-order valence-electron chi connectivity index (χ4n) is 1.86. The molecule has 2 atom stereocenters. The van der Waals surface area contributed by atoms with Crippen molar-refractivity contribution in [2.45, 2.75) is 30.5 Å². The maximum atomic E-state index is 11.2. The molecule has 0 aromatic carbocycles. The summed E-state index contributed by atoms with van der Waals surface area (Å²) >= 11 is 0. The summed E-state index contributed by atoms with van der Waals surface area (Å²) in [5.74, 6) is -0.178. The Bertz CT molecular complexity index is 322. The lowest BCUT2D eigenvalue weighted by atomic mass is 10.1. The second-order valence-corrected chi connectivity index (χ2v) is 6.49. The number of aliphatic hydroxyl groups excluding tert-OH is 2. The normalized spacial score (nSPS) is 38.4. The van der Waals surface area contributed by atoms with Gasteiger partial charge in [0.25, 0.3) is 0 Å². The highest BCUT2D eigenvalue weighted by Crippen LogP contribution is 2.36. The van der Waals surface area contributed by atoms with E-state index in [-0.39, 0.29) is 23.7 Å². The van der Waals surface area contributed by atoms with E-state index in [0.717, 1.165) is 12.8 Å². The van der Waals surface area contributed by atoms with E-state index in [9.17, 15) is 13.5 Å². The van der Waals surface area contributed by atoms with Crippen LogP contribution in [-0.4, -0.2) is 54.4 Å². The molecule has 0 amide bonds. The molecule has 5 nitrogen and oxygen atoms in total. The van der Waals surface area contributed by atoms with E-state index in [1.165, 1.54) is 0 Å². The summed E-state index contributed by atoms with van der Waals surface area (Å²) in [6.07, 6.45) is 0.878. The molecule has 2 rings (SSSR count). The lowest BCUT2D eigenvalue weighted by Crippen LogP contribution is -2.48. The van der Waals surface area contributed by atoms with Crippen LogP contribution >= 0.6 is 0 Å². The van der Waals surface area contributed by atoms with E-state index in [4.69, 9.17) is 5.11 Å². The summed E-state index contributed by atoms with van der Waals surface area (Å²) < 4.78 is 22.4. The average Bonchev–Trinajstić information content (AvgIpc) is 2.77. The summed E-state index contributed by atoms with van der Waals surface area (Å²) in [6.45, 7) is 0.0102. The molecule has 2 aliphatic rings. The van der Waals surface area contributed by atoms with Gasteiger partial charge in [0.1, 0.15) is 0 Å². The minimum absolute atomic E-state index is 0.0102. The molecule has 1 aliphatic heterocycles. The van der Waals surface area contributed by atoms with Gasteiger partial charge in [-0.2, -0.15) is 0 Å². The number of aliphatic hydroxyl groups is 2. The third-order valence-corrected chi connectivity index (χ3v) is 4.69. The third kappa shape index (κ3) is 1.93. The first-order chi connectivity index (χ1) is 6.46. The van der Waals surface area contributed by atoms with Gasteiger partial charge in [0, 0.05) is 11.6 Å². The zero-order chi connectivity index (χ0) is 10.4. The van der Waals surface area contributed by atoms with Gasteiger partial charge in [0.2, 0.25) is 0 Å². The minimum atomic E-state index is -3.09. The van der Waals surface area contributed by atoms with E-state index in [1.54, 1.807) is 0 Å². The Morgan fingerprint density at radius 2 is 2.00 bits per heavy atom.